The summed E-state index contributed by atoms with van der Waals surface area (Å²) in [6.07, 6.45) is 0.414. The fourth-order valence-corrected chi connectivity index (χ4v) is 3.39. The molecule has 1 unspecified atom stereocenters. The number of rotatable bonds is 0. The van der Waals surface area contributed by atoms with E-state index in [9.17, 15) is 13.5 Å². The van der Waals surface area contributed by atoms with Gasteiger partial charge >= 0.3 is 0 Å². The predicted molar refractivity (Wildman–Crippen MR) is 52.7 cm³/mol. The Bertz CT molecular complexity index is 436. The van der Waals surface area contributed by atoms with Gasteiger partial charge in [0.05, 0.1) is 16.8 Å². The largest absolute Gasteiger partial charge is 0.388 e. The minimum atomic E-state index is -3.17. The molecule has 14 heavy (non-hydrogen) atoms. The van der Waals surface area contributed by atoms with Crippen LogP contribution in [0.3, 0.4) is 0 Å². The van der Waals surface area contributed by atoms with Gasteiger partial charge in [0, 0.05) is 0 Å². The maximum atomic E-state index is 11.7. The van der Waals surface area contributed by atoms with Crippen molar-refractivity contribution in [3.05, 3.63) is 29.8 Å². The first-order valence-corrected chi connectivity index (χ1v) is 6.26. The first kappa shape index (κ1) is 9.68. The van der Waals surface area contributed by atoms with Gasteiger partial charge in [-0.2, -0.15) is 0 Å². The highest BCUT2D eigenvalue weighted by Crippen LogP contribution is 2.30. The van der Waals surface area contributed by atoms with E-state index in [0.717, 1.165) is 0 Å². The lowest BCUT2D eigenvalue weighted by Gasteiger charge is -2.09. The molecule has 0 radical (unpaired) electrons. The van der Waals surface area contributed by atoms with E-state index in [1.54, 1.807) is 24.3 Å². The molecule has 0 saturated carbocycles. The van der Waals surface area contributed by atoms with E-state index >= 15 is 0 Å². The third kappa shape index (κ3) is 1.55. The van der Waals surface area contributed by atoms with Crippen molar-refractivity contribution in [2.45, 2.75) is 23.8 Å². The summed E-state index contributed by atoms with van der Waals surface area (Å²) in [5, 5.41) is 9.71. The fourth-order valence-electron chi connectivity index (χ4n) is 1.77. The monoisotopic (exact) mass is 212 g/mol. The van der Waals surface area contributed by atoms with Gasteiger partial charge in [-0.3, -0.25) is 0 Å². The van der Waals surface area contributed by atoms with Gasteiger partial charge in [0.15, 0.2) is 9.84 Å². The summed E-state index contributed by atoms with van der Waals surface area (Å²) in [5.74, 6) is 0.140. The van der Waals surface area contributed by atoms with Crippen LogP contribution in [-0.2, 0) is 9.84 Å². The summed E-state index contributed by atoms with van der Waals surface area (Å²) in [7, 11) is -3.17. The van der Waals surface area contributed by atoms with Gasteiger partial charge < -0.3 is 5.11 Å². The van der Waals surface area contributed by atoms with Crippen LogP contribution in [0.25, 0.3) is 0 Å². The van der Waals surface area contributed by atoms with Crippen LogP contribution in [0, 0.1) is 0 Å². The smallest absolute Gasteiger partial charge is 0.178 e. The van der Waals surface area contributed by atoms with Crippen molar-refractivity contribution in [3.63, 3.8) is 0 Å². The van der Waals surface area contributed by atoms with Gasteiger partial charge in [-0.05, 0) is 24.5 Å². The van der Waals surface area contributed by atoms with E-state index in [1.165, 1.54) is 0 Å². The van der Waals surface area contributed by atoms with Crippen LogP contribution < -0.4 is 0 Å². The first-order valence-electron chi connectivity index (χ1n) is 4.61. The number of benzene rings is 1. The van der Waals surface area contributed by atoms with Crippen molar-refractivity contribution < 1.29 is 13.5 Å². The molecule has 0 bridgehead atoms. The Hall–Kier alpha value is -0.870. The average molecular weight is 212 g/mol. The van der Waals surface area contributed by atoms with Crippen molar-refractivity contribution >= 4 is 9.84 Å². The van der Waals surface area contributed by atoms with Gasteiger partial charge in [0.2, 0.25) is 0 Å². The third-order valence-corrected chi connectivity index (χ3v) is 4.37. The maximum absolute atomic E-state index is 11.7. The topological polar surface area (TPSA) is 54.4 Å². The summed E-state index contributed by atoms with van der Waals surface area (Å²) in [5.41, 5.74) is 0.546. The predicted octanol–water partition coefficient (Wildman–Crippen LogP) is 1.29. The molecule has 0 aliphatic carbocycles. The molecular weight excluding hydrogens is 200 g/mol. The Morgan fingerprint density at radius 1 is 1.29 bits per heavy atom. The minimum Gasteiger partial charge on any atom is -0.388 e. The quantitative estimate of drug-likeness (QED) is 0.705. The van der Waals surface area contributed by atoms with Gasteiger partial charge in [-0.15, -0.1) is 0 Å². The number of fused-ring (bicyclic) bond motifs is 1. The van der Waals surface area contributed by atoms with Crippen molar-refractivity contribution in [2.24, 2.45) is 0 Å². The van der Waals surface area contributed by atoms with E-state index < -0.39 is 15.9 Å². The molecule has 1 aliphatic heterocycles. The molecule has 1 heterocycles. The van der Waals surface area contributed by atoms with Crippen LogP contribution in [0.1, 0.15) is 24.5 Å². The number of hydrogen-bond donors (Lipinski definition) is 1. The second-order valence-electron chi connectivity index (χ2n) is 3.51. The van der Waals surface area contributed by atoms with Crippen molar-refractivity contribution in [2.75, 3.05) is 5.75 Å². The normalized spacial score (nSPS) is 25.1. The summed E-state index contributed by atoms with van der Waals surface area (Å²) < 4.78 is 23.5. The van der Waals surface area contributed by atoms with Crippen LogP contribution in [0.2, 0.25) is 0 Å². The molecule has 3 nitrogen and oxygen atoms in total. The van der Waals surface area contributed by atoms with Crippen molar-refractivity contribution in [1.82, 2.24) is 0 Å². The summed E-state index contributed by atoms with van der Waals surface area (Å²) in [4.78, 5) is 0.296. The van der Waals surface area contributed by atoms with Gasteiger partial charge in [0.25, 0.3) is 0 Å². The van der Waals surface area contributed by atoms with Crippen LogP contribution in [0.15, 0.2) is 29.2 Å². The molecule has 1 N–H and O–H groups in total. The number of sulfone groups is 1. The summed E-state index contributed by atoms with van der Waals surface area (Å²) in [6, 6.07) is 6.69. The fraction of sp³-hybridized carbons (Fsp3) is 0.400. The summed E-state index contributed by atoms with van der Waals surface area (Å²) >= 11 is 0. The van der Waals surface area contributed by atoms with E-state index in [4.69, 9.17) is 0 Å². The number of aliphatic hydroxyl groups is 1. The van der Waals surface area contributed by atoms with Gasteiger partial charge in [0.1, 0.15) is 0 Å². The number of hydrogen-bond acceptors (Lipinski definition) is 3. The van der Waals surface area contributed by atoms with E-state index in [1.807, 2.05) is 0 Å². The second kappa shape index (κ2) is 3.37. The zero-order valence-corrected chi connectivity index (χ0v) is 8.50. The highest BCUT2D eigenvalue weighted by molar-refractivity contribution is 7.91. The molecule has 4 heteroatoms. The Balaban J connectivity index is 2.65. The van der Waals surface area contributed by atoms with Crippen LogP contribution >= 0.6 is 0 Å². The Kier molecular flexibility index (Phi) is 2.33. The zero-order valence-electron chi connectivity index (χ0n) is 7.68. The lowest BCUT2D eigenvalue weighted by atomic mass is 10.1. The molecule has 0 fully saturated rings. The van der Waals surface area contributed by atoms with Gasteiger partial charge in [-0.25, -0.2) is 8.42 Å². The Labute approximate surface area is 83.3 Å². The molecule has 1 aromatic carbocycles. The van der Waals surface area contributed by atoms with E-state index in [0.29, 0.717) is 23.3 Å². The third-order valence-electron chi connectivity index (χ3n) is 2.50. The SMILES string of the molecule is O=S1(=O)CCCC(O)c2ccccc21. The molecular formula is C10H12O3S. The Morgan fingerprint density at radius 2 is 2.00 bits per heavy atom. The minimum absolute atomic E-state index is 0.140. The highest BCUT2D eigenvalue weighted by Gasteiger charge is 2.25. The molecule has 76 valence electrons. The molecule has 1 aliphatic rings. The van der Waals surface area contributed by atoms with Crippen molar-refractivity contribution in [3.8, 4) is 0 Å². The van der Waals surface area contributed by atoms with Crippen LogP contribution in [-0.4, -0.2) is 19.3 Å². The van der Waals surface area contributed by atoms with Crippen LogP contribution in [0.4, 0.5) is 0 Å². The van der Waals surface area contributed by atoms with Crippen LogP contribution in [0.5, 0.6) is 0 Å². The van der Waals surface area contributed by atoms with E-state index in [2.05, 4.69) is 0 Å². The Morgan fingerprint density at radius 3 is 2.79 bits per heavy atom. The van der Waals surface area contributed by atoms with E-state index in [-0.39, 0.29) is 5.75 Å². The molecule has 2 rings (SSSR count). The molecule has 1 atom stereocenters. The molecule has 0 saturated heterocycles. The average Bonchev–Trinajstić information content (AvgIpc) is 2.27. The zero-order chi connectivity index (χ0) is 10.2. The number of aliphatic hydroxyl groups excluding tert-OH is 1. The summed E-state index contributed by atoms with van der Waals surface area (Å²) in [6.45, 7) is 0. The lowest BCUT2D eigenvalue weighted by molar-refractivity contribution is 0.165. The standard InChI is InChI=1S/C10H12O3S/c11-9-5-3-7-14(12,13)10-6-2-1-4-8(9)10/h1-2,4,6,9,11H,3,5,7H2. The molecule has 1 aromatic rings. The molecule has 0 amide bonds. The van der Waals surface area contributed by atoms with Crippen molar-refractivity contribution in [1.29, 1.82) is 0 Å². The maximum Gasteiger partial charge on any atom is 0.178 e. The molecule has 0 aromatic heterocycles. The van der Waals surface area contributed by atoms with Gasteiger partial charge in [-0.1, -0.05) is 18.2 Å². The first-order chi connectivity index (χ1) is 6.61. The lowest BCUT2D eigenvalue weighted by Crippen LogP contribution is -2.06. The highest BCUT2D eigenvalue weighted by atomic mass is 32.2. The molecule has 0 spiro atoms. The second-order valence-corrected chi connectivity index (χ2v) is 5.59.